The van der Waals surface area contributed by atoms with Crippen molar-refractivity contribution in [3.8, 4) is 11.5 Å². The molecule has 2 aliphatic rings. The van der Waals surface area contributed by atoms with Gasteiger partial charge in [0.1, 0.15) is 11.5 Å². The number of hydrogen-bond acceptors (Lipinski definition) is 5. The molecule has 2 amide bonds. The van der Waals surface area contributed by atoms with Gasteiger partial charge in [0.25, 0.3) is 0 Å². The van der Waals surface area contributed by atoms with Gasteiger partial charge in [-0.15, -0.1) is 0 Å². The molecule has 0 radical (unpaired) electrons. The predicted octanol–water partition coefficient (Wildman–Crippen LogP) is 5.12. The van der Waals surface area contributed by atoms with Crippen LogP contribution in [-0.4, -0.2) is 31.3 Å². The molecule has 1 atom stereocenters. The largest absolute Gasteiger partial charge is 0.497 e. The molecular formula is C27H32N2O5. The Kier molecular flexibility index (Phi) is 7.40. The average molecular weight is 465 g/mol. The first kappa shape index (κ1) is 23.7. The second kappa shape index (κ2) is 10.6. The summed E-state index contributed by atoms with van der Waals surface area (Å²) in [7, 11) is 1.59. The molecule has 180 valence electrons. The van der Waals surface area contributed by atoms with Crippen LogP contribution in [0.1, 0.15) is 63.1 Å². The molecule has 1 fully saturated rings. The number of amides is 2. The fraction of sp³-hybridized carbons (Fsp3) is 0.407. The van der Waals surface area contributed by atoms with E-state index in [4.69, 9.17) is 14.2 Å². The van der Waals surface area contributed by atoms with Crippen molar-refractivity contribution in [1.82, 2.24) is 10.6 Å². The van der Waals surface area contributed by atoms with Gasteiger partial charge >= 0.3 is 12.0 Å². The summed E-state index contributed by atoms with van der Waals surface area (Å²) in [4.78, 5) is 25.8. The maximum absolute atomic E-state index is 13.2. The molecule has 0 saturated heterocycles. The number of esters is 1. The van der Waals surface area contributed by atoms with E-state index in [2.05, 4.69) is 10.6 Å². The van der Waals surface area contributed by atoms with Crippen molar-refractivity contribution in [3.05, 3.63) is 65.2 Å². The molecule has 4 rings (SSSR count). The smallest absolute Gasteiger partial charge is 0.338 e. The van der Waals surface area contributed by atoms with Crippen molar-refractivity contribution in [1.29, 1.82) is 0 Å². The van der Waals surface area contributed by atoms with E-state index in [0.29, 0.717) is 22.6 Å². The van der Waals surface area contributed by atoms with Crippen LogP contribution in [-0.2, 0) is 9.53 Å². The number of hydrogen-bond donors (Lipinski definition) is 2. The first-order chi connectivity index (χ1) is 16.4. The summed E-state index contributed by atoms with van der Waals surface area (Å²) in [5, 5.41) is 5.69. The number of benzene rings is 2. The number of methoxy groups -OCH3 is 1. The minimum atomic E-state index is -0.666. The van der Waals surface area contributed by atoms with Crippen LogP contribution in [0.15, 0.2) is 54.1 Å². The molecule has 0 aromatic heterocycles. The summed E-state index contributed by atoms with van der Waals surface area (Å²) in [6.07, 6.45) is 5.76. The summed E-state index contributed by atoms with van der Waals surface area (Å²) in [6.45, 7) is 3.60. The Morgan fingerprint density at radius 1 is 0.941 bits per heavy atom. The molecule has 1 aliphatic carbocycles. The number of urea groups is 1. The Morgan fingerprint density at radius 3 is 2.21 bits per heavy atom. The molecule has 7 nitrogen and oxygen atoms in total. The average Bonchev–Trinajstić information content (AvgIpc) is 2.84. The van der Waals surface area contributed by atoms with Gasteiger partial charge in [-0.2, -0.15) is 0 Å². The quantitative estimate of drug-likeness (QED) is 0.555. The minimum absolute atomic E-state index is 0.247. The van der Waals surface area contributed by atoms with Crippen molar-refractivity contribution in [2.45, 2.75) is 64.2 Å². The van der Waals surface area contributed by atoms with Gasteiger partial charge in [-0.1, -0.05) is 18.6 Å². The van der Waals surface area contributed by atoms with Gasteiger partial charge < -0.3 is 24.8 Å². The zero-order valence-electron chi connectivity index (χ0n) is 19.9. The Balaban J connectivity index is 1.68. The highest BCUT2D eigenvalue weighted by Gasteiger charge is 2.35. The first-order valence-corrected chi connectivity index (χ1v) is 11.9. The first-order valence-electron chi connectivity index (χ1n) is 11.9. The maximum atomic E-state index is 13.2. The van der Waals surface area contributed by atoms with E-state index < -0.39 is 12.0 Å². The van der Waals surface area contributed by atoms with Crippen molar-refractivity contribution in [2.75, 3.05) is 7.11 Å². The van der Waals surface area contributed by atoms with Crippen molar-refractivity contribution in [3.63, 3.8) is 0 Å². The van der Waals surface area contributed by atoms with E-state index in [1.807, 2.05) is 24.3 Å². The van der Waals surface area contributed by atoms with E-state index in [0.717, 1.165) is 24.2 Å². The minimum Gasteiger partial charge on any atom is -0.497 e. The molecule has 7 heteroatoms. The lowest BCUT2D eigenvalue weighted by Gasteiger charge is -2.30. The van der Waals surface area contributed by atoms with Gasteiger partial charge in [-0.25, -0.2) is 9.59 Å². The Labute approximate surface area is 200 Å². The molecule has 2 aromatic rings. The Hall–Kier alpha value is -3.48. The highest BCUT2D eigenvalue weighted by molar-refractivity contribution is 6.04. The van der Waals surface area contributed by atoms with Crippen LogP contribution in [0.2, 0.25) is 0 Å². The monoisotopic (exact) mass is 464 g/mol. The topological polar surface area (TPSA) is 85.9 Å². The Morgan fingerprint density at radius 2 is 1.59 bits per heavy atom. The third kappa shape index (κ3) is 5.53. The molecule has 1 heterocycles. The Bertz CT molecular complexity index is 1040. The highest BCUT2D eigenvalue weighted by Crippen LogP contribution is 2.34. The molecule has 1 saturated carbocycles. The SMILES string of the molecule is COc1ccc(C2=C(C(=O)OC(C)C)C(c3ccc(OC4CCCCC4)cc3)NC(=O)N2)cc1. The summed E-state index contributed by atoms with van der Waals surface area (Å²) in [5.74, 6) is 0.989. The van der Waals surface area contributed by atoms with Gasteiger partial charge in [-0.3, -0.25) is 0 Å². The molecule has 2 N–H and O–H groups in total. The van der Waals surface area contributed by atoms with E-state index in [1.165, 1.54) is 19.3 Å². The molecule has 1 unspecified atom stereocenters. The third-order valence-electron chi connectivity index (χ3n) is 6.08. The number of nitrogens with one attached hydrogen (secondary N) is 2. The number of carbonyl (C=O) groups is 2. The van der Waals surface area contributed by atoms with Gasteiger partial charge in [0.05, 0.1) is 36.6 Å². The van der Waals surface area contributed by atoms with Gasteiger partial charge in [0.2, 0.25) is 0 Å². The lowest BCUT2D eigenvalue weighted by molar-refractivity contribution is -0.143. The second-order valence-electron chi connectivity index (χ2n) is 8.95. The predicted molar refractivity (Wildman–Crippen MR) is 129 cm³/mol. The lowest BCUT2D eigenvalue weighted by Crippen LogP contribution is -2.45. The highest BCUT2D eigenvalue weighted by atomic mass is 16.5. The summed E-state index contributed by atoms with van der Waals surface area (Å²) < 4.78 is 16.9. The fourth-order valence-corrected chi connectivity index (χ4v) is 4.41. The van der Waals surface area contributed by atoms with Crippen LogP contribution < -0.4 is 20.1 Å². The number of carbonyl (C=O) groups excluding carboxylic acids is 2. The van der Waals surface area contributed by atoms with E-state index in [1.54, 1.807) is 45.2 Å². The zero-order chi connectivity index (χ0) is 24.1. The summed E-state index contributed by atoms with van der Waals surface area (Å²) >= 11 is 0. The summed E-state index contributed by atoms with van der Waals surface area (Å²) in [6, 6.07) is 13.7. The van der Waals surface area contributed by atoms with Gasteiger partial charge in [0.15, 0.2) is 0 Å². The van der Waals surface area contributed by atoms with Crippen LogP contribution in [0.3, 0.4) is 0 Å². The van der Waals surface area contributed by atoms with Crippen molar-refractivity contribution >= 4 is 17.7 Å². The molecular weight excluding hydrogens is 432 g/mol. The number of rotatable bonds is 7. The van der Waals surface area contributed by atoms with Crippen LogP contribution in [0.4, 0.5) is 4.79 Å². The number of ether oxygens (including phenoxy) is 3. The third-order valence-corrected chi connectivity index (χ3v) is 6.08. The van der Waals surface area contributed by atoms with Crippen molar-refractivity contribution in [2.24, 2.45) is 0 Å². The van der Waals surface area contributed by atoms with E-state index >= 15 is 0 Å². The van der Waals surface area contributed by atoms with Crippen LogP contribution in [0.25, 0.3) is 5.70 Å². The standard InChI is InChI=1S/C27H32N2O5/c1-17(2)33-26(30)23-24(18-9-13-20(32-3)14-10-18)28-27(31)29-25(23)19-11-15-22(16-12-19)34-21-7-5-4-6-8-21/h9-17,21,25H,4-8H2,1-3H3,(H2,28,29,31). The molecule has 0 spiro atoms. The van der Waals surface area contributed by atoms with E-state index in [-0.39, 0.29) is 18.2 Å². The maximum Gasteiger partial charge on any atom is 0.338 e. The van der Waals surface area contributed by atoms with Crippen molar-refractivity contribution < 1.29 is 23.8 Å². The van der Waals surface area contributed by atoms with Crippen LogP contribution in [0, 0.1) is 0 Å². The van der Waals surface area contributed by atoms with Crippen LogP contribution in [0.5, 0.6) is 11.5 Å². The normalized spacial score (nSPS) is 18.8. The molecule has 34 heavy (non-hydrogen) atoms. The molecule has 0 bridgehead atoms. The van der Waals surface area contributed by atoms with Crippen LogP contribution >= 0.6 is 0 Å². The fourth-order valence-electron chi connectivity index (χ4n) is 4.41. The lowest BCUT2D eigenvalue weighted by atomic mass is 9.92. The zero-order valence-corrected chi connectivity index (χ0v) is 19.9. The van der Waals surface area contributed by atoms with Gasteiger partial charge in [-0.05, 0) is 87.1 Å². The van der Waals surface area contributed by atoms with Gasteiger partial charge in [0, 0.05) is 0 Å². The second-order valence-corrected chi connectivity index (χ2v) is 8.95. The van der Waals surface area contributed by atoms with E-state index in [9.17, 15) is 9.59 Å². The summed E-state index contributed by atoms with van der Waals surface area (Å²) in [5.41, 5.74) is 2.23. The molecule has 1 aliphatic heterocycles. The molecule has 2 aromatic carbocycles.